The zero-order chi connectivity index (χ0) is 12.6. The van der Waals surface area contributed by atoms with Crippen LogP contribution in [0.25, 0.3) is 0 Å². The summed E-state index contributed by atoms with van der Waals surface area (Å²) < 4.78 is 0. The van der Waals surface area contributed by atoms with Crippen molar-refractivity contribution in [2.45, 2.75) is 33.2 Å². The van der Waals surface area contributed by atoms with Crippen LogP contribution in [0.1, 0.15) is 37.3 Å². The van der Waals surface area contributed by atoms with Crippen molar-refractivity contribution in [2.24, 2.45) is 11.1 Å². The fraction of sp³-hybridized carbons (Fsp3) is 0.615. The van der Waals surface area contributed by atoms with Crippen LogP contribution in [0.3, 0.4) is 0 Å². The molecule has 2 heterocycles. The van der Waals surface area contributed by atoms with Crippen LogP contribution < -0.4 is 5.73 Å². The topological polar surface area (TPSA) is 46.3 Å². The predicted molar refractivity (Wildman–Crippen MR) is 71.0 cm³/mol. The van der Waals surface area contributed by atoms with Gasteiger partial charge in [-0.3, -0.25) is 4.79 Å². The molecule has 1 aromatic rings. The van der Waals surface area contributed by atoms with Crippen molar-refractivity contribution >= 4 is 17.2 Å². The van der Waals surface area contributed by atoms with E-state index < -0.39 is 5.41 Å². The van der Waals surface area contributed by atoms with Gasteiger partial charge in [0.2, 0.25) is 5.91 Å². The van der Waals surface area contributed by atoms with Gasteiger partial charge in [-0.15, -0.1) is 11.3 Å². The molecule has 1 aliphatic rings. The van der Waals surface area contributed by atoms with Crippen LogP contribution in [-0.4, -0.2) is 23.9 Å². The summed E-state index contributed by atoms with van der Waals surface area (Å²) in [5.74, 6) is 0.171. The average molecular weight is 252 g/mol. The van der Waals surface area contributed by atoms with E-state index in [-0.39, 0.29) is 11.9 Å². The van der Waals surface area contributed by atoms with E-state index in [4.69, 9.17) is 5.73 Å². The van der Waals surface area contributed by atoms with Crippen molar-refractivity contribution in [3.63, 3.8) is 0 Å². The number of hydrogen-bond donors (Lipinski definition) is 1. The third-order valence-corrected chi connectivity index (χ3v) is 4.62. The molecule has 1 atom stereocenters. The van der Waals surface area contributed by atoms with Gasteiger partial charge in [-0.1, -0.05) is 0 Å². The molecule has 17 heavy (non-hydrogen) atoms. The maximum atomic E-state index is 12.4. The Morgan fingerprint density at radius 2 is 2.35 bits per heavy atom. The largest absolute Gasteiger partial charge is 0.335 e. The minimum absolute atomic E-state index is 0.171. The minimum Gasteiger partial charge on any atom is -0.335 e. The number of thiophene rings is 1. The Labute approximate surface area is 107 Å². The Hall–Kier alpha value is -0.870. The molecule has 0 bridgehead atoms. The molecular formula is C13H20N2OS. The number of carbonyl (C=O) groups is 1. The molecule has 1 aliphatic heterocycles. The van der Waals surface area contributed by atoms with Crippen molar-refractivity contribution in [2.75, 3.05) is 13.1 Å². The first-order valence-corrected chi connectivity index (χ1v) is 6.93. The van der Waals surface area contributed by atoms with Crippen molar-refractivity contribution in [3.05, 3.63) is 21.9 Å². The third kappa shape index (κ3) is 2.11. The summed E-state index contributed by atoms with van der Waals surface area (Å²) in [5.41, 5.74) is 6.54. The molecule has 2 rings (SSSR count). The lowest BCUT2D eigenvalue weighted by molar-refractivity contribution is -0.142. The molecule has 94 valence electrons. The highest BCUT2D eigenvalue weighted by atomic mass is 32.1. The fourth-order valence-corrected chi connectivity index (χ4v) is 3.23. The van der Waals surface area contributed by atoms with Gasteiger partial charge >= 0.3 is 0 Å². The molecule has 0 fully saturated rings. The lowest BCUT2D eigenvalue weighted by Gasteiger charge is -2.38. The Morgan fingerprint density at radius 3 is 3.00 bits per heavy atom. The van der Waals surface area contributed by atoms with Crippen molar-refractivity contribution in [1.82, 2.24) is 4.90 Å². The molecule has 0 saturated heterocycles. The molecule has 4 heteroatoms. The maximum absolute atomic E-state index is 12.4. The first kappa shape index (κ1) is 12.6. The lowest BCUT2D eigenvalue weighted by Crippen LogP contribution is -2.47. The van der Waals surface area contributed by atoms with Gasteiger partial charge in [-0.25, -0.2) is 0 Å². The highest BCUT2D eigenvalue weighted by molar-refractivity contribution is 7.10. The molecule has 3 nitrogen and oxygen atoms in total. The number of hydrogen-bond acceptors (Lipinski definition) is 3. The molecule has 1 unspecified atom stereocenters. The van der Waals surface area contributed by atoms with Crippen molar-refractivity contribution in [1.29, 1.82) is 0 Å². The van der Waals surface area contributed by atoms with Gasteiger partial charge in [-0.2, -0.15) is 0 Å². The van der Waals surface area contributed by atoms with Gasteiger partial charge < -0.3 is 10.6 Å². The van der Waals surface area contributed by atoms with E-state index >= 15 is 0 Å². The van der Waals surface area contributed by atoms with E-state index in [1.807, 2.05) is 18.7 Å². The quantitative estimate of drug-likeness (QED) is 0.877. The summed E-state index contributed by atoms with van der Waals surface area (Å²) in [4.78, 5) is 15.8. The van der Waals surface area contributed by atoms with E-state index in [1.54, 1.807) is 11.3 Å². The summed E-state index contributed by atoms with van der Waals surface area (Å²) >= 11 is 1.79. The normalized spacial score (nSPS) is 20.2. The zero-order valence-electron chi connectivity index (χ0n) is 10.7. The summed E-state index contributed by atoms with van der Waals surface area (Å²) in [6.07, 6.45) is 0.976. The van der Waals surface area contributed by atoms with Crippen molar-refractivity contribution in [3.8, 4) is 0 Å². The Bertz CT molecular complexity index is 425. The summed E-state index contributed by atoms with van der Waals surface area (Å²) in [6.45, 7) is 7.16. The first-order chi connectivity index (χ1) is 7.97. The van der Waals surface area contributed by atoms with Gasteiger partial charge in [0.15, 0.2) is 0 Å². The third-order valence-electron chi connectivity index (χ3n) is 3.63. The molecule has 2 N–H and O–H groups in total. The highest BCUT2D eigenvalue weighted by Crippen LogP contribution is 2.35. The SMILES string of the molecule is CC1c2ccsc2CCN1C(=O)C(C)(C)CN. The monoisotopic (exact) mass is 252 g/mol. The number of rotatable bonds is 2. The molecule has 0 saturated carbocycles. The van der Waals surface area contributed by atoms with Crippen molar-refractivity contribution < 1.29 is 4.79 Å². The maximum Gasteiger partial charge on any atom is 0.230 e. The van der Waals surface area contributed by atoms with Crippen LogP contribution in [0.15, 0.2) is 11.4 Å². The van der Waals surface area contributed by atoms with E-state index in [1.165, 1.54) is 10.4 Å². The second-order valence-corrected chi connectivity index (χ2v) is 6.31. The number of amides is 1. The fourth-order valence-electron chi connectivity index (χ4n) is 2.26. The molecule has 0 radical (unpaired) electrons. The molecule has 0 aliphatic carbocycles. The minimum atomic E-state index is -0.457. The summed E-state index contributed by atoms with van der Waals surface area (Å²) in [7, 11) is 0. The van der Waals surface area contributed by atoms with Crippen LogP contribution in [-0.2, 0) is 11.2 Å². The first-order valence-electron chi connectivity index (χ1n) is 6.05. The van der Waals surface area contributed by atoms with E-state index in [9.17, 15) is 4.79 Å². The predicted octanol–water partition coefficient (Wildman–Crippen LogP) is 2.18. The number of nitrogens with two attached hydrogens (primary N) is 1. The lowest BCUT2D eigenvalue weighted by atomic mass is 9.89. The molecule has 1 amide bonds. The second-order valence-electron chi connectivity index (χ2n) is 5.31. The van der Waals surface area contributed by atoms with Gasteiger partial charge in [0.05, 0.1) is 11.5 Å². The zero-order valence-corrected chi connectivity index (χ0v) is 11.5. The van der Waals surface area contributed by atoms with Crippen LogP contribution in [0.5, 0.6) is 0 Å². The smallest absolute Gasteiger partial charge is 0.230 e. The number of nitrogens with zero attached hydrogens (tertiary/aromatic N) is 1. The van der Waals surface area contributed by atoms with Gasteiger partial charge in [0.1, 0.15) is 0 Å². The van der Waals surface area contributed by atoms with Crippen LogP contribution in [0.2, 0.25) is 0 Å². The molecule has 0 aromatic carbocycles. The van der Waals surface area contributed by atoms with Gasteiger partial charge in [0.25, 0.3) is 0 Å². The van der Waals surface area contributed by atoms with Gasteiger partial charge in [0, 0.05) is 18.0 Å². The Morgan fingerprint density at radius 1 is 1.65 bits per heavy atom. The average Bonchev–Trinajstić information content (AvgIpc) is 2.78. The molecule has 0 spiro atoms. The summed E-state index contributed by atoms with van der Waals surface area (Å²) in [6, 6.07) is 2.32. The molecule has 1 aromatic heterocycles. The summed E-state index contributed by atoms with van der Waals surface area (Å²) in [5, 5.41) is 2.11. The number of fused-ring (bicyclic) bond motifs is 1. The standard InChI is InChI=1S/C13H20N2OS/c1-9-10-5-7-17-11(10)4-6-15(9)12(16)13(2,3)8-14/h5,7,9H,4,6,8,14H2,1-3H3. The van der Waals surface area contributed by atoms with Crippen LogP contribution >= 0.6 is 11.3 Å². The van der Waals surface area contributed by atoms with E-state index in [0.29, 0.717) is 6.54 Å². The highest BCUT2D eigenvalue weighted by Gasteiger charge is 2.36. The number of carbonyl (C=O) groups excluding carboxylic acids is 1. The Kier molecular flexibility index (Phi) is 3.27. The second kappa shape index (κ2) is 4.42. The Balaban J connectivity index is 2.23. The van der Waals surface area contributed by atoms with E-state index in [0.717, 1.165) is 13.0 Å². The van der Waals surface area contributed by atoms with Crippen LogP contribution in [0.4, 0.5) is 0 Å². The van der Waals surface area contributed by atoms with E-state index in [2.05, 4.69) is 18.4 Å². The molecular weight excluding hydrogens is 232 g/mol. The van der Waals surface area contributed by atoms with Gasteiger partial charge in [-0.05, 0) is 44.2 Å². The van der Waals surface area contributed by atoms with Crippen LogP contribution in [0, 0.1) is 5.41 Å².